The zero-order chi connectivity index (χ0) is 47.9. The standard InChI is InChI=1S/C49H61N9O6S3/c1-9-55-37-16-15-31-23-33(37)35(42(55)32-13-10-20-51-40(32)30(4)63-8)25-48(5,6)28-64-46(61)38-14-11-21-57(58(38)66)45(60)34(24-39-52-36(31)26-67-39)44(65)53-43(59)41(29(2)3)54(7)47(62)56-22-18-49(56)17-12-19-50-27-49/h10,13,15-16,20,23,26,29,34,38,41,50H,4,9,11-12,14,17-19,21-22,24-25,27-28H2,1-3,5-8H3/p+1/t34-,38+,41+,49+/m1/s1. The molecule has 4 amide bonds. The number of methoxy groups -OCH3 is 1. The van der Waals surface area contributed by atoms with E-state index in [1.807, 2.05) is 36.3 Å². The maximum Gasteiger partial charge on any atom is 0.379 e. The van der Waals surface area contributed by atoms with Gasteiger partial charge in [0.1, 0.15) is 23.4 Å². The number of thiocarbonyl (C=S) groups is 1. The number of amides is 4. The van der Waals surface area contributed by atoms with Crippen LogP contribution in [0.4, 0.5) is 4.79 Å². The first-order valence-electron chi connectivity index (χ1n) is 23.3. The number of benzene rings is 1. The number of likely N-dealkylation sites (tertiary alicyclic amines) is 1. The molecule has 3 fully saturated rings. The van der Waals surface area contributed by atoms with Crippen molar-refractivity contribution in [3.05, 3.63) is 64.8 Å². The second-order valence-electron chi connectivity index (χ2n) is 19.4. The Balaban J connectivity index is 1.16. The van der Waals surface area contributed by atoms with E-state index in [-0.39, 0.29) is 42.0 Å². The Morgan fingerprint density at radius 1 is 1.18 bits per heavy atom. The molecule has 6 bridgehead atoms. The minimum absolute atomic E-state index is 0.00942. The lowest BCUT2D eigenvalue weighted by Crippen LogP contribution is -2.70. The normalized spacial score (nSPS) is 22.5. The number of piperidine rings is 1. The molecule has 67 heavy (non-hydrogen) atoms. The summed E-state index contributed by atoms with van der Waals surface area (Å²) in [5.41, 5.74) is 5.35. The average molecular weight is 969 g/mol. The topological polar surface area (TPSA) is 154 Å². The second kappa shape index (κ2) is 19.4. The number of urea groups is 1. The summed E-state index contributed by atoms with van der Waals surface area (Å²) in [4.78, 5) is 70.6. The van der Waals surface area contributed by atoms with Gasteiger partial charge in [0.2, 0.25) is 5.91 Å². The van der Waals surface area contributed by atoms with Gasteiger partial charge in [0.15, 0.2) is 0 Å². The summed E-state index contributed by atoms with van der Waals surface area (Å²) >= 11 is 13.3. The summed E-state index contributed by atoms with van der Waals surface area (Å²) in [6, 6.07) is 8.26. The number of aryl methyl sites for hydroxylation is 1. The van der Waals surface area contributed by atoms with Crippen LogP contribution in [0.15, 0.2) is 48.5 Å². The molecule has 356 valence electrons. The highest BCUT2D eigenvalue weighted by molar-refractivity contribution is 7.80. The zero-order valence-electron chi connectivity index (χ0n) is 39.6. The van der Waals surface area contributed by atoms with Gasteiger partial charge in [-0.05, 0) is 85.4 Å². The molecule has 1 aromatic carbocycles. The fraction of sp³-hybridized carbons (Fsp3) is 0.531. The SMILES string of the molecule is C=C(OC)c1ncccc1-c1c2c3cc(ccc3n1CC)-c1csc(n1)C[C@H](C(=S)NC(=O)[C@H](C(C)C)N(C)C(=O)N1CC[C@]13CCCNC3)C(=O)N1CCC[C@@H](C(=O)OCC(C)(C)C2)[N+]1=S. The van der Waals surface area contributed by atoms with Crippen LogP contribution in [0.25, 0.3) is 39.2 Å². The third kappa shape index (κ3) is 9.25. The third-order valence-corrected chi connectivity index (χ3v) is 15.7. The fourth-order valence-electron chi connectivity index (χ4n) is 10.4. The van der Waals surface area contributed by atoms with Crippen LogP contribution in [0.3, 0.4) is 0 Å². The summed E-state index contributed by atoms with van der Waals surface area (Å²) in [6.07, 6.45) is 6.03. The summed E-state index contributed by atoms with van der Waals surface area (Å²) in [5.74, 6) is -2.38. The van der Waals surface area contributed by atoms with Crippen molar-refractivity contribution in [2.45, 2.75) is 104 Å². The van der Waals surface area contributed by atoms with Gasteiger partial charge in [0.25, 0.3) is 24.4 Å². The molecule has 0 aliphatic carbocycles. The Labute approximate surface area is 407 Å². The first-order chi connectivity index (χ1) is 32.0. The van der Waals surface area contributed by atoms with Crippen LogP contribution >= 0.6 is 23.6 Å². The molecule has 3 saturated heterocycles. The number of pyridine rings is 1. The molecule has 8 rings (SSSR count). The average Bonchev–Trinajstić information content (AvgIpc) is 3.90. The number of cyclic esters (lactones) is 1. The number of hydrogen-bond donors (Lipinski definition) is 2. The molecule has 0 saturated carbocycles. The van der Waals surface area contributed by atoms with Gasteiger partial charge < -0.3 is 34.5 Å². The quantitative estimate of drug-likeness (QED) is 0.0835. The second-order valence-corrected chi connectivity index (χ2v) is 21.2. The minimum atomic E-state index is -1.08. The molecule has 4 atom stereocenters. The molecule has 18 heteroatoms. The Morgan fingerprint density at radius 3 is 2.66 bits per heavy atom. The number of likely N-dealkylation sites (N-methyl/N-ethyl adjacent to an activating group) is 1. The van der Waals surface area contributed by atoms with Crippen molar-refractivity contribution in [1.82, 2.24) is 40.0 Å². The van der Waals surface area contributed by atoms with E-state index in [1.165, 1.54) is 25.3 Å². The smallest absolute Gasteiger partial charge is 0.379 e. The van der Waals surface area contributed by atoms with Gasteiger partial charge in [0.05, 0.1) is 47.2 Å². The molecule has 15 nitrogen and oxygen atoms in total. The molecular formula is C49H62N9O6S3+. The Hall–Kier alpha value is -5.17. The number of carbonyl (C=O) groups excluding carboxylic acids is 4. The van der Waals surface area contributed by atoms with E-state index >= 15 is 0 Å². The summed E-state index contributed by atoms with van der Waals surface area (Å²) in [7, 11) is 3.25. The number of carbonyl (C=O) groups is 4. The van der Waals surface area contributed by atoms with E-state index in [9.17, 15) is 19.2 Å². The zero-order valence-corrected chi connectivity index (χ0v) is 42.0. The van der Waals surface area contributed by atoms with Gasteiger partial charge in [-0.25, -0.2) is 14.6 Å². The third-order valence-electron chi connectivity index (χ3n) is 14.0. The minimum Gasteiger partial charge on any atom is -0.495 e. The summed E-state index contributed by atoms with van der Waals surface area (Å²) in [5, 5.41) is 11.3. The molecule has 4 aliphatic heterocycles. The van der Waals surface area contributed by atoms with E-state index < -0.39 is 41.2 Å². The van der Waals surface area contributed by atoms with Gasteiger partial charge in [-0.1, -0.05) is 52.6 Å². The van der Waals surface area contributed by atoms with Crippen molar-refractivity contribution in [3.8, 4) is 22.5 Å². The largest absolute Gasteiger partial charge is 0.495 e. The lowest BCUT2D eigenvalue weighted by atomic mass is 9.78. The van der Waals surface area contributed by atoms with Crippen molar-refractivity contribution in [2.75, 3.05) is 46.9 Å². The van der Waals surface area contributed by atoms with E-state index in [2.05, 4.69) is 60.7 Å². The Kier molecular flexibility index (Phi) is 14.0. The highest BCUT2D eigenvalue weighted by atomic mass is 32.1. The van der Waals surface area contributed by atoms with Gasteiger partial charge in [0, 0.05) is 78.5 Å². The van der Waals surface area contributed by atoms with E-state index in [0.29, 0.717) is 48.8 Å². The molecule has 3 aromatic heterocycles. The number of rotatable bonds is 8. The highest BCUT2D eigenvalue weighted by Crippen LogP contribution is 2.42. The van der Waals surface area contributed by atoms with Crippen molar-refractivity contribution < 1.29 is 32.7 Å². The lowest BCUT2D eigenvalue weighted by molar-refractivity contribution is -0.676. The maximum atomic E-state index is 14.9. The number of ether oxygens (including phenoxy) is 2. The predicted octanol–water partition coefficient (Wildman–Crippen LogP) is 6.74. The van der Waals surface area contributed by atoms with Gasteiger partial charge in [-0.3, -0.25) is 14.6 Å². The van der Waals surface area contributed by atoms with Crippen molar-refractivity contribution in [2.24, 2.45) is 17.3 Å². The van der Waals surface area contributed by atoms with E-state index in [1.54, 1.807) is 20.4 Å². The summed E-state index contributed by atoms with van der Waals surface area (Å²) < 4.78 is 15.3. The Morgan fingerprint density at radius 2 is 1.97 bits per heavy atom. The molecular weight excluding hydrogens is 907 g/mol. The molecule has 1 spiro atoms. The highest BCUT2D eigenvalue weighted by Gasteiger charge is 2.50. The van der Waals surface area contributed by atoms with Crippen molar-refractivity contribution in [1.29, 1.82) is 0 Å². The van der Waals surface area contributed by atoms with Crippen molar-refractivity contribution in [3.63, 3.8) is 0 Å². The fourth-order valence-corrected chi connectivity index (χ4v) is 11.9. The molecule has 0 radical (unpaired) electrons. The number of esters is 1. The lowest BCUT2D eigenvalue weighted by Gasteiger charge is -2.56. The van der Waals surface area contributed by atoms with Gasteiger partial charge in [-0.15, -0.1) is 16.3 Å². The molecule has 2 N–H and O–H groups in total. The predicted molar refractivity (Wildman–Crippen MR) is 265 cm³/mol. The first kappa shape index (κ1) is 48.3. The molecule has 0 unspecified atom stereocenters. The first-order valence-corrected chi connectivity index (χ1v) is 25.0. The molecule has 7 heterocycles. The number of fused-ring (bicyclic) bond motifs is 6. The van der Waals surface area contributed by atoms with Crippen LogP contribution in [0.2, 0.25) is 0 Å². The monoisotopic (exact) mass is 968 g/mol. The number of hydrogen-bond acceptors (Lipinski definition) is 12. The maximum absolute atomic E-state index is 14.9. The van der Waals surface area contributed by atoms with Crippen LogP contribution in [0, 0.1) is 17.3 Å². The Bertz CT molecular complexity index is 2630. The molecule has 4 aromatic rings. The number of nitrogens with zero attached hydrogens (tertiary/aromatic N) is 7. The van der Waals surface area contributed by atoms with Gasteiger partial charge in [-0.2, -0.15) is 0 Å². The van der Waals surface area contributed by atoms with Crippen LogP contribution < -0.4 is 10.6 Å². The van der Waals surface area contributed by atoms with Gasteiger partial charge >= 0.3 is 12.0 Å². The number of nitrogens with one attached hydrogen (secondary N) is 2. The van der Waals surface area contributed by atoms with Crippen LogP contribution in [-0.4, -0.2) is 127 Å². The number of aromatic nitrogens is 3. The summed E-state index contributed by atoms with van der Waals surface area (Å²) in [6.45, 7) is 17.5. The van der Waals surface area contributed by atoms with E-state index in [4.69, 9.17) is 44.1 Å². The van der Waals surface area contributed by atoms with Crippen molar-refractivity contribution >= 4 is 81.4 Å². The molecule has 4 aliphatic rings. The van der Waals surface area contributed by atoms with Crippen LogP contribution in [0.1, 0.15) is 83.0 Å². The van der Waals surface area contributed by atoms with E-state index in [0.717, 1.165) is 71.3 Å². The number of hydrazine groups is 1. The number of thiazole rings is 1. The van der Waals surface area contributed by atoms with Crippen LogP contribution in [-0.2, 0) is 55.7 Å². The van der Waals surface area contributed by atoms with Crippen LogP contribution in [0.5, 0.6) is 0 Å².